The highest BCUT2D eigenvalue weighted by atomic mass is 35.5. The minimum absolute atomic E-state index is 0.0863. The Kier molecular flexibility index (Phi) is 5.44. The summed E-state index contributed by atoms with van der Waals surface area (Å²) in [5, 5.41) is 3.02. The van der Waals surface area contributed by atoms with E-state index in [1.165, 1.54) is 12.8 Å². The number of carbonyl (C=O) groups is 1. The number of amides is 1. The van der Waals surface area contributed by atoms with Gasteiger partial charge >= 0.3 is 0 Å². The van der Waals surface area contributed by atoms with Crippen LogP contribution in [0.1, 0.15) is 46.0 Å². The summed E-state index contributed by atoms with van der Waals surface area (Å²) in [6.07, 6.45) is 5.33. The van der Waals surface area contributed by atoms with E-state index in [9.17, 15) is 4.79 Å². The molecule has 1 atom stereocenters. The molecule has 88 valence electrons. The molecule has 1 aliphatic rings. The molecule has 0 aromatic rings. The first-order valence-corrected chi connectivity index (χ1v) is 6.51. The van der Waals surface area contributed by atoms with Crippen molar-refractivity contribution in [3.8, 4) is 0 Å². The molecule has 3 heteroatoms. The molecular weight excluding hydrogens is 210 g/mol. The lowest BCUT2D eigenvalue weighted by molar-refractivity contribution is -0.121. The maximum absolute atomic E-state index is 11.4. The number of hydrogen-bond acceptors (Lipinski definition) is 1. The monoisotopic (exact) mass is 231 g/mol. The van der Waals surface area contributed by atoms with Crippen LogP contribution in [0.25, 0.3) is 0 Å². The van der Waals surface area contributed by atoms with Gasteiger partial charge in [-0.25, -0.2) is 0 Å². The second kappa shape index (κ2) is 6.37. The van der Waals surface area contributed by atoms with Gasteiger partial charge < -0.3 is 5.32 Å². The van der Waals surface area contributed by atoms with Gasteiger partial charge in [0.05, 0.1) is 5.38 Å². The Morgan fingerprint density at radius 1 is 1.40 bits per heavy atom. The van der Waals surface area contributed by atoms with Crippen LogP contribution < -0.4 is 5.32 Å². The van der Waals surface area contributed by atoms with E-state index in [0.29, 0.717) is 24.8 Å². The van der Waals surface area contributed by atoms with Crippen LogP contribution >= 0.6 is 11.6 Å². The van der Waals surface area contributed by atoms with Gasteiger partial charge in [0.15, 0.2) is 0 Å². The van der Waals surface area contributed by atoms with Gasteiger partial charge in [-0.2, -0.15) is 0 Å². The molecule has 1 aliphatic carbocycles. The van der Waals surface area contributed by atoms with Crippen LogP contribution in [0.15, 0.2) is 0 Å². The summed E-state index contributed by atoms with van der Waals surface area (Å²) in [4.78, 5) is 11.4. The van der Waals surface area contributed by atoms with Crippen LogP contribution in [-0.4, -0.2) is 17.8 Å². The fourth-order valence-corrected chi connectivity index (χ4v) is 2.27. The topological polar surface area (TPSA) is 29.1 Å². The third kappa shape index (κ3) is 4.87. The molecule has 0 heterocycles. The van der Waals surface area contributed by atoms with Gasteiger partial charge in [-0.3, -0.25) is 4.79 Å². The quantitative estimate of drug-likeness (QED) is 0.671. The molecule has 0 saturated heterocycles. The first-order valence-electron chi connectivity index (χ1n) is 6.08. The summed E-state index contributed by atoms with van der Waals surface area (Å²) in [5.74, 6) is 1.36. The van der Waals surface area contributed by atoms with Gasteiger partial charge in [-0.05, 0) is 24.7 Å². The molecule has 1 amide bonds. The van der Waals surface area contributed by atoms with Gasteiger partial charge in [-0.1, -0.05) is 26.7 Å². The maximum atomic E-state index is 11.4. The second-order valence-corrected chi connectivity index (χ2v) is 5.10. The van der Waals surface area contributed by atoms with Crippen LogP contribution in [-0.2, 0) is 4.79 Å². The molecule has 0 aromatic heterocycles. The molecule has 0 spiro atoms. The first-order chi connectivity index (χ1) is 7.17. The number of carbonyl (C=O) groups excluding carboxylic acids is 1. The fraction of sp³-hybridized carbons (Fsp3) is 0.917. The van der Waals surface area contributed by atoms with E-state index >= 15 is 0 Å². The predicted molar refractivity (Wildman–Crippen MR) is 64.1 cm³/mol. The van der Waals surface area contributed by atoms with Crippen molar-refractivity contribution in [1.82, 2.24) is 5.32 Å². The first kappa shape index (κ1) is 12.8. The van der Waals surface area contributed by atoms with E-state index in [4.69, 9.17) is 11.6 Å². The van der Waals surface area contributed by atoms with Gasteiger partial charge in [0.2, 0.25) is 5.91 Å². The Bertz CT molecular complexity index is 200. The molecule has 0 radical (unpaired) electrons. The van der Waals surface area contributed by atoms with Gasteiger partial charge in [0.25, 0.3) is 0 Å². The second-order valence-electron chi connectivity index (χ2n) is 4.54. The highest BCUT2D eigenvalue weighted by Crippen LogP contribution is 2.32. The van der Waals surface area contributed by atoms with Crippen molar-refractivity contribution < 1.29 is 4.79 Å². The molecule has 1 saturated carbocycles. The van der Waals surface area contributed by atoms with Crippen molar-refractivity contribution in [2.24, 2.45) is 11.8 Å². The highest BCUT2D eigenvalue weighted by Gasteiger charge is 2.24. The molecule has 1 rings (SSSR count). The number of rotatable bonds is 7. The van der Waals surface area contributed by atoms with Crippen LogP contribution in [0.2, 0.25) is 0 Å². The molecule has 0 aliphatic heterocycles. The zero-order valence-corrected chi connectivity index (χ0v) is 10.5. The number of nitrogens with one attached hydrogen (secondary N) is 1. The third-order valence-corrected chi connectivity index (χ3v) is 3.74. The minimum atomic E-state index is 0.0863. The summed E-state index contributed by atoms with van der Waals surface area (Å²) in [7, 11) is 0. The van der Waals surface area contributed by atoms with E-state index in [1.807, 2.05) is 0 Å². The maximum Gasteiger partial charge on any atom is 0.220 e. The van der Waals surface area contributed by atoms with Crippen LogP contribution in [0.5, 0.6) is 0 Å². The molecule has 1 fully saturated rings. The largest absolute Gasteiger partial charge is 0.355 e. The summed E-state index contributed by atoms with van der Waals surface area (Å²) >= 11 is 6.23. The summed E-state index contributed by atoms with van der Waals surface area (Å²) in [5.41, 5.74) is 0. The zero-order chi connectivity index (χ0) is 11.3. The Balaban J connectivity index is 2.13. The normalized spacial score (nSPS) is 17.9. The lowest BCUT2D eigenvalue weighted by Crippen LogP contribution is -2.33. The lowest BCUT2D eigenvalue weighted by atomic mass is 9.99. The molecule has 15 heavy (non-hydrogen) atoms. The van der Waals surface area contributed by atoms with Crippen LogP contribution in [0, 0.1) is 11.8 Å². The smallest absolute Gasteiger partial charge is 0.220 e. The standard InChI is InChI=1S/C12H22ClNO/c1-3-10(4-2)11(13)8-14-12(15)7-9-5-6-9/h9-11H,3-8H2,1-2H3,(H,14,15). The van der Waals surface area contributed by atoms with Crippen molar-refractivity contribution in [2.45, 2.75) is 51.3 Å². The van der Waals surface area contributed by atoms with E-state index in [1.54, 1.807) is 0 Å². The van der Waals surface area contributed by atoms with Gasteiger partial charge in [0.1, 0.15) is 0 Å². The fourth-order valence-electron chi connectivity index (χ4n) is 1.83. The molecule has 1 unspecified atom stereocenters. The molecular formula is C12H22ClNO. The molecule has 1 N–H and O–H groups in total. The van der Waals surface area contributed by atoms with Gasteiger partial charge in [-0.15, -0.1) is 11.6 Å². The summed E-state index contributed by atoms with van der Waals surface area (Å²) in [6.45, 7) is 4.92. The van der Waals surface area contributed by atoms with Crippen molar-refractivity contribution >= 4 is 17.5 Å². The van der Waals surface area contributed by atoms with E-state index in [2.05, 4.69) is 19.2 Å². The van der Waals surface area contributed by atoms with Crippen LogP contribution in [0.3, 0.4) is 0 Å². The molecule has 0 aromatic carbocycles. The van der Waals surface area contributed by atoms with Crippen molar-refractivity contribution in [2.75, 3.05) is 6.54 Å². The van der Waals surface area contributed by atoms with E-state index < -0.39 is 0 Å². The zero-order valence-electron chi connectivity index (χ0n) is 9.76. The van der Waals surface area contributed by atoms with E-state index in [0.717, 1.165) is 12.8 Å². The Hall–Kier alpha value is -0.240. The highest BCUT2D eigenvalue weighted by molar-refractivity contribution is 6.21. The van der Waals surface area contributed by atoms with Crippen LogP contribution in [0.4, 0.5) is 0 Å². The third-order valence-electron chi connectivity index (χ3n) is 3.23. The Labute approximate surface area is 97.8 Å². The Morgan fingerprint density at radius 2 is 2.00 bits per heavy atom. The minimum Gasteiger partial charge on any atom is -0.355 e. The number of halogens is 1. The SMILES string of the molecule is CCC(CC)C(Cl)CNC(=O)CC1CC1. The predicted octanol–water partition coefficient (Wildman–Crippen LogP) is 2.95. The Morgan fingerprint density at radius 3 is 2.47 bits per heavy atom. The van der Waals surface area contributed by atoms with Crippen molar-refractivity contribution in [3.05, 3.63) is 0 Å². The molecule has 0 bridgehead atoms. The number of alkyl halides is 1. The lowest BCUT2D eigenvalue weighted by Gasteiger charge is -2.19. The van der Waals surface area contributed by atoms with Crippen molar-refractivity contribution in [1.29, 1.82) is 0 Å². The average molecular weight is 232 g/mol. The van der Waals surface area contributed by atoms with E-state index in [-0.39, 0.29) is 11.3 Å². The molecule has 2 nitrogen and oxygen atoms in total. The summed E-state index contributed by atoms with van der Waals surface area (Å²) < 4.78 is 0. The average Bonchev–Trinajstić information content (AvgIpc) is 3.00. The van der Waals surface area contributed by atoms with Crippen molar-refractivity contribution in [3.63, 3.8) is 0 Å². The summed E-state index contributed by atoms with van der Waals surface area (Å²) in [6, 6.07) is 0. The number of hydrogen-bond donors (Lipinski definition) is 1. The van der Waals surface area contributed by atoms with Gasteiger partial charge in [0, 0.05) is 13.0 Å².